The number of hydrogen-bond acceptors (Lipinski definition) is 6. The summed E-state index contributed by atoms with van der Waals surface area (Å²) in [5.41, 5.74) is 3.25. The quantitative estimate of drug-likeness (QED) is 0.269. The van der Waals surface area contributed by atoms with E-state index in [1.807, 2.05) is 31.2 Å². The number of aryl methyl sites for hydroxylation is 1. The molecule has 3 aromatic rings. The Bertz CT molecular complexity index is 1260. The van der Waals surface area contributed by atoms with Gasteiger partial charge in [0.05, 0.1) is 30.9 Å². The second kappa shape index (κ2) is 11.1. The number of ether oxygens (including phenoxy) is 3. The van der Waals surface area contributed by atoms with Crippen LogP contribution in [0.5, 0.6) is 11.5 Å². The summed E-state index contributed by atoms with van der Waals surface area (Å²) in [4.78, 5) is 27.5. The first-order chi connectivity index (χ1) is 17.4. The molecule has 0 spiro atoms. The van der Waals surface area contributed by atoms with Crippen molar-refractivity contribution in [1.29, 1.82) is 0 Å². The molecule has 4 rings (SSSR count). The number of rotatable bonds is 9. The van der Waals surface area contributed by atoms with Crippen LogP contribution in [0.25, 0.3) is 5.76 Å². The van der Waals surface area contributed by atoms with Gasteiger partial charge in [0.2, 0.25) is 0 Å². The third-order valence-electron chi connectivity index (χ3n) is 6.16. The first kappa shape index (κ1) is 25.0. The zero-order valence-corrected chi connectivity index (χ0v) is 20.6. The van der Waals surface area contributed by atoms with Crippen molar-refractivity contribution in [3.63, 3.8) is 0 Å². The number of methoxy groups -OCH3 is 2. The molecule has 1 atom stereocenters. The second-order valence-electron chi connectivity index (χ2n) is 8.53. The number of amides is 1. The Morgan fingerprint density at radius 1 is 0.944 bits per heavy atom. The van der Waals surface area contributed by atoms with Crippen LogP contribution in [-0.4, -0.2) is 49.1 Å². The maximum Gasteiger partial charge on any atom is 0.295 e. The fourth-order valence-electron chi connectivity index (χ4n) is 4.23. The summed E-state index contributed by atoms with van der Waals surface area (Å²) in [6.07, 6.45) is 0. The number of likely N-dealkylation sites (tertiary alicyclic amines) is 1. The number of carbonyl (C=O) groups excluding carboxylic acids is 2. The van der Waals surface area contributed by atoms with Crippen LogP contribution >= 0.6 is 0 Å². The number of nitrogens with zero attached hydrogens (tertiary/aromatic N) is 1. The zero-order chi connectivity index (χ0) is 25.7. The molecule has 1 amide bonds. The number of aliphatic hydroxyl groups is 1. The van der Waals surface area contributed by atoms with E-state index in [1.165, 1.54) is 24.7 Å². The van der Waals surface area contributed by atoms with E-state index < -0.39 is 17.7 Å². The maximum absolute atomic E-state index is 13.1. The third kappa shape index (κ3) is 5.11. The van der Waals surface area contributed by atoms with E-state index in [1.54, 1.807) is 48.5 Å². The number of ketones is 1. The highest BCUT2D eigenvalue weighted by molar-refractivity contribution is 6.46. The van der Waals surface area contributed by atoms with Crippen LogP contribution in [0.3, 0.4) is 0 Å². The summed E-state index contributed by atoms with van der Waals surface area (Å²) < 4.78 is 16.4. The Morgan fingerprint density at radius 3 is 2.31 bits per heavy atom. The van der Waals surface area contributed by atoms with Gasteiger partial charge in [0, 0.05) is 13.7 Å². The van der Waals surface area contributed by atoms with Crippen LogP contribution in [0.2, 0.25) is 0 Å². The normalized spacial score (nSPS) is 16.9. The number of carbonyl (C=O) groups is 2. The molecule has 7 nitrogen and oxygen atoms in total. The van der Waals surface area contributed by atoms with Gasteiger partial charge in [-0.1, -0.05) is 54.1 Å². The van der Waals surface area contributed by atoms with Gasteiger partial charge in [0.1, 0.15) is 23.9 Å². The fourth-order valence-corrected chi connectivity index (χ4v) is 4.23. The molecular formula is C29H29NO6. The molecule has 0 bridgehead atoms. The molecule has 1 N–H and O–H groups in total. The lowest BCUT2D eigenvalue weighted by Crippen LogP contribution is -2.32. The van der Waals surface area contributed by atoms with Gasteiger partial charge in [-0.25, -0.2) is 0 Å². The second-order valence-corrected chi connectivity index (χ2v) is 8.53. The van der Waals surface area contributed by atoms with Crippen molar-refractivity contribution in [3.8, 4) is 11.5 Å². The van der Waals surface area contributed by atoms with Crippen LogP contribution in [0.4, 0.5) is 0 Å². The number of Topliss-reactive ketones (excluding diaryl/α,β-unsaturated/α-hetero) is 1. The maximum atomic E-state index is 13.1. The van der Waals surface area contributed by atoms with Crippen LogP contribution in [0.15, 0.2) is 78.4 Å². The lowest BCUT2D eigenvalue weighted by molar-refractivity contribution is -0.140. The highest BCUT2D eigenvalue weighted by atomic mass is 16.5. The largest absolute Gasteiger partial charge is 0.507 e. The van der Waals surface area contributed by atoms with Crippen LogP contribution < -0.4 is 9.47 Å². The molecule has 1 fully saturated rings. The lowest BCUT2D eigenvalue weighted by Gasteiger charge is -2.25. The Balaban J connectivity index is 1.68. The van der Waals surface area contributed by atoms with Crippen molar-refractivity contribution in [2.75, 3.05) is 27.4 Å². The van der Waals surface area contributed by atoms with Crippen molar-refractivity contribution in [3.05, 3.63) is 101 Å². The summed E-state index contributed by atoms with van der Waals surface area (Å²) in [6, 6.07) is 21.3. The van der Waals surface area contributed by atoms with Crippen LogP contribution in [0, 0.1) is 6.92 Å². The van der Waals surface area contributed by atoms with Gasteiger partial charge in [-0.15, -0.1) is 0 Å². The Kier molecular flexibility index (Phi) is 7.71. The molecule has 1 aliphatic heterocycles. The molecule has 36 heavy (non-hydrogen) atoms. The molecule has 0 radical (unpaired) electrons. The molecule has 7 heteroatoms. The Labute approximate surface area is 210 Å². The Hall–Kier alpha value is -4.10. The molecule has 1 heterocycles. The summed E-state index contributed by atoms with van der Waals surface area (Å²) in [6.45, 7) is 2.89. The van der Waals surface area contributed by atoms with Crippen molar-refractivity contribution in [1.82, 2.24) is 4.90 Å². The number of aliphatic hydroxyl groups excluding tert-OH is 1. The van der Waals surface area contributed by atoms with E-state index >= 15 is 0 Å². The molecular weight excluding hydrogens is 458 g/mol. The zero-order valence-electron chi connectivity index (χ0n) is 20.6. The van der Waals surface area contributed by atoms with Gasteiger partial charge >= 0.3 is 0 Å². The standard InChI is InChI=1S/C29H29NO6/c1-19-8-10-20(11-9-19)18-36-22-14-12-21(13-15-22)26-25(28(32)29(33)30(26)16-17-34-2)27(31)23-6-4-5-7-24(23)35-3/h4-15,26,31H,16-18H2,1-3H3/b27-25-. The minimum Gasteiger partial charge on any atom is -0.507 e. The molecule has 1 unspecified atom stereocenters. The van der Waals surface area contributed by atoms with E-state index in [0.717, 1.165) is 5.56 Å². The van der Waals surface area contributed by atoms with Crippen molar-refractivity contribution >= 4 is 17.4 Å². The van der Waals surface area contributed by atoms with Crippen LogP contribution in [-0.2, 0) is 20.9 Å². The predicted molar refractivity (Wildman–Crippen MR) is 136 cm³/mol. The Morgan fingerprint density at radius 2 is 1.64 bits per heavy atom. The van der Waals surface area contributed by atoms with Gasteiger partial charge < -0.3 is 24.2 Å². The molecule has 0 saturated carbocycles. The summed E-state index contributed by atoms with van der Waals surface area (Å²) >= 11 is 0. The topological polar surface area (TPSA) is 85.3 Å². The van der Waals surface area contributed by atoms with Gasteiger partial charge in [0.25, 0.3) is 11.7 Å². The van der Waals surface area contributed by atoms with Crippen LogP contribution in [0.1, 0.15) is 28.3 Å². The predicted octanol–water partition coefficient (Wildman–Crippen LogP) is 4.65. The number of para-hydroxylation sites is 1. The van der Waals surface area contributed by atoms with Gasteiger partial charge in [0.15, 0.2) is 0 Å². The van der Waals surface area contributed by atoms with Gasteiger partial charge in [-0.3, -0.25) is 9.59 Å². The summed E-state index contributed by atoms with van der Waals surface area (Å²) in [5, 5.41) is 11.2. The minimum atomic E-state index is -0.781. The number of hydrogen-bond donors (Lipinski definition) is 1. The molecule has 3 aromatic carbocycles. The summed E-state index contributed by atoms with van der Waals surface area (Å²) in [7, 11) is 3.01. The molecule has 1 saturated heterocycles. The summed E-state index contributed by atoms with van der Waals surface area (Å²) in [5.74, 6) is -0.669. The van der Waals surface area contributed by atoms with Crippen molar-refractivity contribution in [2.24, 2.45) is 0 Å². The first-order valence-electron chi connectivity index (χ1n) is 11.6. The molecule has 186 valence electrons. The van der Waals surface area contributed by atoms with E-state index in [2.05, 4.69) is 0 Å². The highest BCUT2D eigenvalue weighted by Gasteiger charge is 2.46. The van der Waals surface area contributed by atoms with E-state index in [0.29, 0.717) is 29.2 Å². The van der Waals surface area contributed by atoms with Gasteiger partial charge in [-0.05, 0) is 42.3 Å². The van der Waals surface area contributed by atoms with Gasteiger partial charge in [-0.2, -0.15) is 0 Å². The number of benzene rings is 3. The fraction of sp³-hybridized carbons (Fsp3) is 0.241. The highest BCUT2D eigenvalue weighted by Crippen LogP contribution is 2.41. The lowest BCUT2D eigenvalue weighted by atomic mass is 9.95. The van der Waals surface area contributed by atoms with Crippen molar-refractivity contribution < 1.29 is 28.9 Å². The molecule has 0 aromatic heterocycles. The average Bonchev–Trinajstić information content (AvgIpc) is 3.16. The monoisotopic (exact) mass is 487 g/mol. The smallest absolute Gasteiger partial charge is 0.295 e. The average molecular weight is 488 g/mol. The molecule has 1 aliphatic rings. The third-order valence-corrected chi connectivity index (χ3v) is 6.16. The van der Waals surface area contributed by atoms with E-state index in [9.17, 15) is 14.7 Å². The van der Waals surface area contributed by atoms with E-state index in [4.69, 9.17) is 14.2 Å². The molecule has 0 aliphatic carbocycles. The minimum absolute atomic E-state index is 0.00827. The SMILES string of the molecule is COCCN1C(=O)C(=O)/C(=C(\O)c2ccccc2OC)C1c1ccc(OCc2ccc(C)cc2)cc1. The van der Waals surface area contributed by atoms with Crippen molar-refractivity contribution in [2.45, 2.75) is 19.6 Å². The first-order valence-corrected chi connectivity index (χ1v) is 11.6. The van der Waals surface area contributed by atoms with E-state index in [-0.39, 0.29) is 24.5 Å².